The number of nitrogens with one attached hydrogen (secondary N) is 1. The molecule has 0 spiro atoms. The third-order valence-electron chi connectivity index (χ3n) is 3.39. The number of hydrogen-bond acceptors (Lipinski definition) is 5. The fraction of sp³-hybridized carbons (Fsp3) is 0.111. The third-order valence-corrected chi connectivity index (χ3v) is 5.14. The van der Waals surface area contributed by atoms with Crippen LogP contribution in [0.15, 0.2) is 52.7 Å². The molecule has 0 aliphatic heterocycles. The number of thiazole rings is 1. The number of amides is 1. The summed E-state index contributed by atoms with van der Waals surface area (Å²) < 4.78 is 55.6. The summed E-state index contributed by atoms with van der Waals surface area (Å²) in [6.45, 7) is -2.97. The van der Waals surface area contributed by atoms with Crippen LogP contribution in [-0.2, 0) is 4.79 Å². The van der Waals surface area contributed by atoms with Crippen LogP contribution in [0.3, 0.4) is 0 Å². The lowest BCUT2D eigenvalue weighted by Crippen LogP contribution is -2.13. The minimum Gasteiger partial charge on any atom is -0.434 e. The number of nitrogens with zero attached hydrogens (tertiary/aromatic N) is 1. The Morgan fingerprint density at radius 1 is 1.18 bits per heavy atom. The minimum atomic E-state index is -2.97. The van der Waals surface area contributed by atoms with E-state index >= 15 is 0 Å². The average Bonchev–Trinajstić information content (AvgIpc) is 3.11. The Kier molecular flexibility index (Phi) is 6.53. The van der Waals surface area contributed by atoms with E-state index in [2.05, 4.69) is 15.0 Å². The molecule has 3 aromatic rings. The second-order valence-corrected chi connectivity index (χ2v) is 7.23. The van der Waals surface area contributed by atoms with Crippen LogP contribution in [0, 0.1) is 11.6 Å². The van der Waals surface area contributed by atoms with E-state index in [0.29, 0.717) is 16.2 Å². The molecular weight excluding hydrogens is 416 g/mol. The molecule has 0 radical (unpaired) electrons. The molecule has 4 nitrogen and oxygen atoms in total. The van der Waals surface area contributed by atoms with Gasteiger partial charge in [-0.15, -0.1) is 23.1 Å². The van der Waals surface area contributed by atoms with Crippen molar-refractivity contribution in [1.29, 1.82) is 0 Å². The lowest BCUT2D eigenvalue weighted by molar-refractivity contribution is -0.113. The molecule has 28 heavy (non-hydrogen) atoms. The number of anilines is 1. The fourth-order valence-corrected chi connectivity index (χ4v) is 3.65. The van der Waals surface area contributed by atoms with Crippen LogP contribution >= 0.6 is 23.1 Å². The minimum absolute atomic E-state index is 0.0189. The summed E-state index contributed by atoms with van der Waals surface area (Å²) in [6.07, 6.45) is 0. The Morgan fingerprint density at radius 2 is 1.96 bits per heavy atom. The van der Waals surface area contributed by atoms with Crippen molar-refractivity contribution in [2.45, 2.75) is 11.5 Å². The maximum atomic E-state index is 13.2. The summed E-state index contributed by atoms with van der Waals surface area (Å²) in [5, 5.41) is 4.46. The molecule has 0 bridgehead atoms. The van der Waals surface area contributed by atoms with Gasteiger partial charge in [0.05, 0.1) is 11.4 Å². The molecule has 0 saturated heterocycles. The number of aromatic nitrogens is 1. The van der Waals surface area contributed by atoms with E-state index in [1.165, 1.54) is 12.1 Å². The molecule has 0 aliphatic rings. The molecule has 0 fully saturated rings. The fourth-order valence-electron chi connectivity index (χ4n) is 2.20. The lowest BCUT2D eigenvalue weighted by atomic mass is 10.1. The van der Waals surface area contributed by atoms with Crippen LogP contribution in [0.2, 0.25) is 0 Å². The molecule has 1 N–H and O–H groups in total. The number of para-hydroxylation sites is 1. The van der Waals surface area contributed by atoms with Crippen LogP contribution in [0.5, 0.6) is 5.75 Å². The van der Waals surface area contributed by atoms with Crippen LogP contribution < -0.4 is 10.1 Å². The highest BCUT2D eigenvalue weighted by atomic mass is 32.2. The monoisotopic (exact) mass is 428 g/mol. The van der Waals surface area contributed by atoms with Gasteiger partial charge in [0.1, 0.15) is 5.75 Å². The number of carbonyl (C=O) groups excluding carboxylic acids is 1. The molecule has 146 valence electrons. The van der Waals surface area contributed by atoms with Crippen LogP contribution in [-0.4, -0.2) is 23.3 Å². The van der Waals surface area contributed by atoms with Gasteiger partial charge in [-0.25, -0.2) is 13.8 Å². The number of halogens is 4. The van der Waals surface area contributed by atoms with Gasteiger partial charge in [-0.1, -0.05) is 12.1 Å². The molecule has 1 amide bonds. The third kappa shape index (κ3) is 5.23. The maximum absolute atomic E-state index is 13.2. The van der Waals surface area contributed by atoms with E-state index in [1.54, 1.807) is 23.6 Å². The summed E-state index contributed by atoms with van der Waals surface area (Å²) in [4.78, 5) is 16.7. The van der Waals surface area contributed by atoms with E-state index < -0.39 is 24.2 Å². The number of hydrogen-bond donors (Lipinski definition) is 1. The highest BCUT2D eigenvalue weighted by Gasteiger charge is 2.14. The van der Waals surface area contributed by atoms with Gasteiger partial charge in [0, 0.05) is 15.8 Å². The van der Waals surface area contributed by atoms with Gasteiger partial charge in [-0.3, -0.25) is 4.79 Å². The first-order chi connectivity index (χ1) is 13.4. The first-order valence-electron chi connectivity index (χ1n) is 7.80. The summed E-state index contributed by atoms with van der Waals surface area (Å²) in [6, 6.07) is 9.57. The summed E-state index contributed by atoms with van der Waals surface area (Å²) in [7, 11) is 0. The summed E-state index contributed by atoms with van der Waals surface area (Å²) in [5.41, 5.74) is 0.750. The van der Waals surface area contributed by atoms with Crippen LogP contribution in [0.4, 0.5) is 22.7 Å². The molecule has 0 saturated carbocycles. The van der Waals surface area contributed by atoms with E-state index in [-0.39, 0.29) is 16.6 Å². The largest absolute Gasteiger partial charge is 0.434 e. The molecule has 1 heterocycles. The number of thioether (sulfide) groups is 1. The number of ether oxygens (including phenoxy) is 1. The first kappa shape index (κ1) is 20.2. The van der Waals surface area contributed by atoms with E-state index in [1.807, 2.05) is 0 Å². The van der Waals surface area contributed by atoms with Gasteiger partial charge < -0.3 is 10.1 Å². The molecular formula is C18H12F4N2O2S2. The van der Waals surface area contributed by atoms with Crippen molar-refractivity contribution in [2.75, 3.05) is 11.1 Å². The second-order valence-electron chi connectivity index (χ2n) is 5.33. The molecule has 0 unspecified atom stereocenters. The Balaban J connectivity index is 1.63. The van der Waals surface area contributed by atoms with Crippen molar-refractivity contribution >= 4 is 34.1 Å². The van der Waals surface area contributed by atoms with Gasteiger partial charge in [-0.2, -0.15) is 8.78 Å². The lowest BCUT2D eigenvalue weighted by Gasteiger charge is -2.08. The number of benzene rings is 2. The predicted molar refractivity (Wildman–Crippen MR) is 99.9 cm³/mol. The molecule has 10 heteroatoms. The highest BCUT2D eigenvalue weighted by molar-refractivity contribution is 8.00. The van der Waals surface area contributed by atoms with E-state index in [4.69, 9.17) is 0 Å². The molecule has 0 atom stereocenters. The van der Waals surface area contributed by atoms with Gasteiger partial charge in [-0.05, 0) is 30.3 Å². The Labute approximate surface area is 165 Å². The van der Waals surface area contributed by atoms with Crippen LogP contribution in [0.25, 0.3) is 11.3 Å². The van der Waals surface area contributed by atoms with Crippen molar-refractivity contribution in [3.05, 3.63) is 59.5 Å². The number of alkyl halides is 2. The van der Waals surface area contributed by atoms with Crippen molar-refractivity contribution < 1.29 is 27.1 Å². The maximum Gasteiger partial charge on any atom is 0.387 e. The zero-order valence-corrected chi connectivity index (χ0v) is 15.6. The van der Waals surface area contributed by atoms with Crippen LogP contribution in [0.1, 0.15) is 0 Å². The van der Waals surface area contributed by atoms with Crippen molar-refractivity contribution in [3.8, 4) is 17.0 Å². The highest BCUT2D eigenvalue weighted by Crippen LogP contribution is 2.33. The average molecular weight is 428 g/mol. The molecule has 3 rings (SSSR count). The molecule has 2 aromatic carbocycles. The van der Waals surface area contributed by atoms with E-state index in [9.17, 15) is 22.4 Å². The van der Waals surface area contributed by atoms with Gasteiger partial charge in [0.2, 0.25) is 5.91 Å². The number of rotatable bonds is 7. The van der Waals surface area contributed by atoms with Gasteiger partial charge in [0.15, 0.2) is 16.8 Å². The zero-order valence-electron chi connectivity index (χ0n) is 14.0. The Morgan fingerprint density at radius 3 is 2.71 bits per heavy atom. The summed E-state index contributed by atoms with van der Waals surface area (Å²) >= 11 is 2.16. The Hall–Kier alpha value is -2.59. The number of carbonyl (C=O) groups is 1. The summed E-state index contributed by atoms with van der Waals surface area (Å²) in [5.74, 6) is -2.40. The molecule has 0 aliphatic carbocycles. The zero-order chi connectivity index (χ0) is 20.1. The van der Waals surface area contributed by atoms with Crippen molar-refractivity contribution in [3.63, 3.8) is 0 Å². The van der Waals surface area contributed by atoms with E-state index in [0.717, 1.165) is 35.2 Å². The predicted octanol–water partition coefficient (Wildman–Crippen LogP) is 5.42. The quantitative estimate of drug-likeness (QED) is 0.403. The van der Waals surface area contributed by atoms with Gasteiger partial charge in [0.25, 0.3) is 0 Å². The normalized spacial score (nSPS) is 10.9. The van der Waals surface area contributed by atoms with Crippen molar-refractivity contribution in [1.82, 2.24) is 4.98 Å². The standard InChI is InChI=1S/C18H12F4N2O2S2/c19-12-6-5-10(7-13(12)20)27-9-16(25)24-18-23-14(8-28-18)11-3-1-2-4-15(11)26-17(21)22/h1-8,17H,9H2,(H,23,24,25). The molecule has 1 aromatic heterocycles. The Bertz CT molecular complexity index is 982. The topological polar surface area (TPSA) is 51.2 Å². The second kappa shape index (κ2) is 9.07. The van der Waals surface area contributed by atoms with Gasteiger partial charge >= 0.3 is 6.61 Å². The van der Waals surface area contributed by atoms with Crippen molar-refractivity contribution in [2.24, 2.45) is 0 Å². The smallest absolute Gasteiger partial charge is 0.387 e. The first-order valence-corrected chi connectivity index (χ1v) is 9.66. The SMILES string of the molecule is O=C(CSc1ccc(F)c(F)c1)Nc1nc(-c2ccccc2OC(F)F)cs1.